The van der Waals surface area contributed by atoms with Gasteiger partial charge in [0.25, 0.3) is 0 Å². The number of nitro groups is 1. The molecule has 0 heterocycles. The van der Waals surface area contributed by atoms with Crippen molar-refractivity contribution in [3.8, 4) is 0 Å². The van der Waals surface area contributed by atoms with Crippen molar-refractivity contribution in [1.82, 2.24) is 0 Å². The maximum atomic E-state index is 10.6. The van der Waals surface area contributed by atoms with E-state index in [9.17, 15) is 15.2 Å². The summed E-state index contributed by atoms with van der Waals surface area (Å²) in [6.07, 6.45) is 0.740. The summed E-state index contributed by atoms with van der Waals surface area (Å²) >= 11 is 0. The third-order valence-electron chi connectivity index (χ3n) is 2.90. The lowest BCUT2D eigenvalue weighted by Gasteiger charge is -2.21. The maximum absolute atomic E-state index is 10.6. The van der Waals surface area contributed by atoms with Crippen LogP contribution in [0.5, 0.6) is 0 Å². The molecule has 0 bridgehead atoms. The smallest absolute Gasteiger partial charge is 0.211 e. The van der Waals surface area contributed by atoms with Crippen LogP contribution in [0.3, 0.4) is 0 Å². The normalized spacial score (nSPS) is 14.4. The number of hydrogen-bond acceptors (Lipinski definition) is 3. The van der Waals surface area contributed by atoms with E-state index in [4.69, 9.17) is 0 Å². The highest BCUT2D eigenvalue weighted by atomic mass is 16.6. The summed E-state index contributed by atoms with van der Waals surface area (Å²) in [5, 5.41) is 19.9. The quantitative estimate of drug-likeness (QED) is 0.593. The lowest BCUT2D eigenvalue weighted by molar-refractivity contribution is -0.485. The standard InChI is InChI=1S/C12H17NO3/c1-2-10(9-14)12(8-13(15)16)11-6-4-3-5-7-11/h3-7,10,12,14H,2,8-9H2,1H3/t10-,12-/m1/s1. The van der Waals surface area contributed by atoms with Gasteiger partial charge in [0, 0.05) is 11.5 Å². The lowest BCUT2D eigenvalue weighted by Crippen LogP contribution is -2.23. The second-order valence-electron chi connectivity index (χ2n) is 3.88. The van der Waals surface area contributed by atoms with E-state index in [1.54, 1.807) is 0 Å². The van der Waals surface area contributed by atoms with Gasteiger partial charge in [0.15, 0.2) is 0 Å². The summed E-state index contributed by atoms with van der Waals surface area (Å²) in [6.45, 7) is 1.81. The van der Waals surface area contributed by atoms with Gasteiger partial charge in [-0.1, -0.05) is 43.7 Å². The Labute approximate surface area is 95.1 Å². The van der Waals surface area contributed by atoms with E-state index in [1.165, 1.54) is 0 Å². The summed E-state index contributed by atoms with van der Waals surface area (Å²) in [5.41, 5.74) is 0.931. The van der Waals surface area contributed by atoms with Crippen molar-refractivity contribution < 1.29 is 10.0 Å². The number of benzene rings is 1. The van der Waals surface area contributed by atoms with Gasteiger partial charge in [-0.05, 0) is 11.5 Å². The van der Waals surface area contributed by atoms with Crippen LogP contribution >= 0.6 is 0 Å². The van der Waals surface area contributed by atoms with Crippen molar-refractivity contribution >= 4 is 0 Å². The van der Waals surface area contributed by atoms with Crippen LogP contribution in [0, 0.1) is 16.0 Å². The minimum Gasteiger partial charge on any atom is -0.396 e. The Morgan fingerprint density at radius 1 is 1.38 bits per heavy atom. The van der Waals surface area contributed by atoms with Crippen LogP contribution in [-0.2, 0) is 0 Å². The number of aliphatic hydroxyl groups is 1. The molecule has 0 fully saturated rings. The van der Waals surface area contributed by atoms with Crippen molar-refractivity contribution in [3.63, 3.8) is 0 Å². The monoisotopic (exact) mass is 223 g/mol. The SMILES string of the molecule is CC[C@H](CO)[C@@H](C[N+](=O)[O-])c1ccccc1. The van der Waals surface area contributed by atoms with Crippen LogP contribution in [0.2, 0.25) is 0 Å². The third-order valence-corrected chi connectivity index (χ3v) is 2.90. The van der Waals surface area contributed by atoms with Gasteiger partial charge >= 0.3 is 0 Å². The molecule has 0 aliphatic heterocycles. The van der Waals surface area contributed by atoms with Crippen LogP contribution < -0.4 is 0 Å². The average Bonchev–Trinajstić information content (AvgIpc) is 2.30. The first-order chi connectivity index (χ1) is 7.69. The molecular formula is C12H17NO3. The van der Waals surface area contributed by atoms with E-state index >= 15 is 0 Å². The Kier molecular flexibility index (Phi) is 4.92. The average molecular weight is 223 g/mol. The van der Waals surface area contributed by atoms with Gasteiger partial charge in [0.05, 0.1) is 5.92 Å². The molecule has 0 unspecified atom stereocenters. The van der Waals surface area contributed by atoms with Crippen molar-refractivity contribution in [3.05, 3.63) is 46.0 Å². The van der Waals surface area contributed by atoms with Crippen molar-refractivity contribution in [2.45, 2.75) is 19.3 Å². The molecule has 0 aliphatic rings. The van der Waals surface area contributed by atoms with Gasteiger partial charge in [-0.25, -0.2) is 0 Å². The summed E-state index contributed by atoms with van der Waals surface area (Å²) < 4.78 is 0. The second-order valence-corrected chi connectivity index (χ2v) is 3.88. The number of hydrogen-bond donors (Lipinski definition) is 1. The molecule has 4 heteroatoms. The molecule has 0 saturated heterocycles. The maximum Gasteiger partial charge on any atom is 0.211 e. The molecule has 0 aromatic heterocycles. The highest BCUT2D eigenvalue weighted by Crippen LogP contribution is 2.26. The van der Waals surface area contributed by atoms with Gasteiger partial charge in [-0.15, -0.1) is 0 Å². The summed E-state index contributed by atoms with van der Waals surface area (Å²) in [6, 6.07) is 9.38. The minimum atomic E-state index is -0.310. The molecule has 4 nitrogen and oxygen atoms in total. The van der Waals surface area contributed by atoms with Crippen LogP contribution in [-0.4, -0.2) is 23.2 Å². The van der Waals surface area contributed by atoms with Crippen LogP contribution in [0.1, 0.15) is 24.8 Å². The van der Waals surface area contributed by atoms with Gasteiger partial charge in [0.2, 0.25) is 6.54 Å². The molecule has 1 N–H and O–H groups in total. The fraction of sp³-hybridized carbons (Fsp3) is 0.500. The van der Waals surface area contributed by atoms with E-state index in [1.807, 2.05) is 37.3 Å². The zero-order valence-electron chi connectivity index (χ0n) is 9.37. The first kappa shape index (κ1) is 12.6. The molecule has 16 heavy (non-hydrogen) atoms. The highest BCUT2D eigenvalue weighted by molar-refractivity contribution is 5.20. The van der Waals surface area contributed by atoms with Crippen LogP contribution in [0.4, 0.5) is 0 Å². The largest absolute Gasteiger partial charge is 0.396 e. The minimum absolute atomic E-state index is 0.0100. The number of aliphatic hydroxyl groups excluding tert-OH is 1. The molecule has 0 saturated carbocycles. The van der Waals surface area contributed by atoms with Crippen LogP contribution in [0.25, 0.3) is 0 Å². The Morgan fingerprint density at radius 2 is 2.00 bits per heavy atom. The Morgan fingerprint density at radius 3 is 2.44 bits per heavy atom. The second kappa shape index (κ2) is 6.23. The molecule has 88 valence electrons. The molecule has 0 spiro atoms. The summed E-state index contributed by atoms with van der Waals surface area (Å²) in [5.74, 6) is -0.251. The molecule has 1 aromatic rings. The predicted octanol–water partition coefficient (Wildman–Crippen LogP) is 2.07. The predicted molar refractivity (Wildman–Crippen MR) is 61.9 cm³/mol. The zero-order chi connectivity index (χ0) is 12.0. The van der Waals surface area contributed by atoms with E-state index < -0.39 is 0 Å². The van der Waals surface area contributed by atoms with E-state index in [-0.39, 0.29) is 29.9 Å². The fourth-order valence-electron chi connectivity index (χ4n) is 1.93. The number of rotatable bonds is 6. The van der Waals surface area contributed by atoms with Crippen molar-refractivity contribution in [1.29, 1.82) is 0 Å². The first-order valence-electron chi connectivity index (χ1n) is 5.46. The molecule has 1 rings (SSSR count). The van der Waals surface area contributed by atoms with E-state index in [0.717, 1.165) is 12.0 Å². The topological polar surface area (TPSA) is 63.4 Å². The van der Waals surface area contributed by atoms with Crippen LogP contribution in [0.15, 0.2) is 30.3 Å². The molecule has 1 aromatic carbocycles. The molecule has 0 aliphatic carbocycles. The van der Waals surface area contributed by atoms with Crippen molar-refractivity contribution in [2.75, 3.05) is 13.2 Å². The first-order valence-corrected chi connectivity index (χ1v) is 5.46. The van der Waals surface area contributed by atoms with Gasteiger partial charge in [0.1, 0.15) is 0 Å². The van der Waals surface area contributed by atoms with E-state index in [2.05, 4.69) is 0 Å². The lowest BCUT2D eigenvalue weighted by atomic mass is 9.85. The van der Waals surface area contributed by atoms with Gasteiger partial charge < -0.3 is 5.11 Å². The zero-order valence-corrected chi connectivity index (χ0v) is 9.37. The number of nitrogens with zero attached hydrogens (tertiary/aromatic N) is 1. The van der Waals surface area contributed by atoms with E-state index in [0.29, 0.717) is 0 Å². The Hall–Kier alpha value is -1.42. The Balaban J connectivity index is 2.90. The van der Waals surface area contributed by atoms with Gasteiger partial charge in [-0.3, -0.25) is 10.1 Å². The summed E-state index contributed by atoms with van der Waals surface area (Å²) in [7, 11) is 0. The highest BCUT2D eigenvalue weighted by Gasteiger charge is 2.25. The molecule has 0 amide bonds. The molecule has 2 atom stereocenters. The molecular weight excluding hydrogens is 206 g/mol. The Bertz CT molecular complexity index is 322. The van der Waals surface area contributed by atoms with Crippen molar-refractivity contribution in [2.24, 2.45) is 5.92 Å². The third kappa shape index (κ3) is 3.31. The summed E-state index contributed by atoms with van der Waals surface area (Å²) in [4.78, 5) is 10.3. The van der Waals surface area contributed by atoms with Gasteiger partial charge in [-0.2, -0.15) is 0 Å². The molecule has 0 radical (unpaired) electrons. The fourth-order valence-corrected chi connectivity index (χ4v) is 1.93.